The third kappa shape index (κ3) is 4.33. The molecule has 1 aliphatic rings. The highest BCUT2D eigenvalue weighted by Crippen LogP contribution is 2.31. The molecule has 0 saturated heterocycles. The zero-order valence-corrected chi connectivity index (χ0v) is 17.2. The molecule has 0 aromatic heterocycles. The smallest absolute Gasteiger partial charge is 0.280 e. The van der Waals surface area contributed by atoms with Gasteiger partial charge in [0.2, 0.25) is 0 Å². The Bertz CT molecular complexity index is 1040. The Morgan fingerprint density at radius 3 is 2.59 bits per heavy atom. The zero-order chi connectivity index (χ0) is 21.0. The number of hydrogen-bond acceptors (Lipinski definition) is 4. The Labute approximate surface area is 171 Å². The van der Waals surface area contributed by atoms with E-state index in [0.29, 0.717) is 29.4 Å². The molecular weight excluding hydrogens is 364 g/mol. The minimum Gasteiger partial charge on any atom is -0.490 e. The summed E-state index contributed by atoms with van der Waals surface area (Å²) in [5, 5.41) is 5.94. The molecule has 3 rings (SSSR count). The van der Waals surface area contributed by atoms with Gasteiger partial charge >= 0.3 is 0 Å². The van der Waals surface area contributed by atoms with E-state index in [9.17, 15) is 4.79 Å². The minimum absolute atomic E-state index is 0.153. The Hall–Kier alpha value is -3.52. The van der Waals surface area contributed by atoms with E-state index < -0.39 is 0 Å². The van der Waals surface area contributed by atoms with Gasteiger partial charge in [-0.15, -0.1) is 6.42 Å². The molecule has 0 saturated carbocycles. The van der Waals surface area contributed by atoms with Crippen molar-refractivity contribution in [2.45, 2.75) is 27.7 Å². The SMILES string of the molecule is C#CCOc1ccc(C=C2C(=O)N(c3ccc(C)cc3C)N=C2C)cc1OCC. The molecule has 1 heterocycles. The first-order chi connectivity index (χ1) is 13.9. The van der Waals surface area contributed by atoms with Crippen LogP contribution in [0, 0.1) is 26.2 Å². The normalized spacial score (nSPS) is 14.7. The van der Waals surface area contributed by atoms with E-state index in [1.54, 1.807) is 6.07 Å². The molecule has 5 nitrogen and oxygen atoms in total. The number of rotatable bonds is 6. The number of hydrazone groups is 1. The number of terminal acetylenes is 1. The van der Waals surface area contributed by atoms with Gasteiger partial charge in [0.15, 0.2) is 11.5 Å². The van der Waals surface area contributed by atoms with Gasteiger partial charge in [-0.1, -0.05) is 29.7 Å². The molecular formula is C24H24N2O3. The maximum absolute atomic E-state index is 13.0. The summed E-state index contributed by atoms with van der Waals surface area (Å²) in [4.78, 5) is 13.0. The summed E-state index contributed by atoms with van der Waals surface area (Å²) in [5.74, 6) is 3.45. The van der Waals surface area contributed by atoms with Crippen molar-refractivity contribution in [1.82, 2.24) is 0 Å². The summed E-state index contributed by atoms with van der Waals surface area (Å²) in [6.45, 7) is 8.39. The van der Waals surface area contributed by atoms with E-state index >= 15 is 0 Å². The lowest BCUT2D eigenvalue weighted by Crippen LogP contribution is -2.22. The molecule has 0 radical (unpaired) electrons. The largest absolute Gasteiger partial charge is 0.490 e. The average Bonchev–Trinajstić information content (AvgIpc) is 2.96. The number of ether oxygens (including phenoxy) is 2. The molecule has 1 amide bonds. The van der Waals surface area contributed by atoms with Crippen LogP contribution < -0.4 is 14.5 Å². The molecule has 148 valence electrons. The molecule has 0 unspecified atom stereocenters. The summed E-state index contributed by atoms with van der Waals surface area (Å²) < 4.78 is 11.2. The van der Waals surface area contributed by atoms with Gasteiger partial charge in [-0.25, -0.2) is 0 Å². The first-order valence-electron chi connectivity index (χ1n) is 9.46. The second-order valence-corrected chi connectivity index (χ2v) is 6.78. The fourth-order valence-corrected chi connectivity index (χ4v) is 3.18. The second kappa shape index (κ2) is 8.66. The van der Waals surface area contributed by atoms with Gasteiger partial charge in [0.1, 0.15) is 6.61 Å². The van der Waals surface area contributed by atoms with Crippen molar-refractivity contribution in [3.8, 4) is 23.8 Å². The number of nitrogens with zero attached hydrogens (tertiary/aromatic N) is 2. The van der Waals surface area contributed by atoms with Crippen LogP contribution in [0.3, 0.4) is 0 Å². The summed E-state index contributed by atoms with van der Waals surface area (Å²) in [5.41, 5.74) is 4.97. The number of carbonyl (C=O) groups is 1. The van der Waals surface area contributed by atoms with Crippen LogP contribution in [0.5, 0.6) is 11.5 Å². The topological polar surface area (TPSA) is 51.1 Å². The van der Waals surface area contributed by atoms with E-state index in [0.717, 1.165) is 22.4 Å². The summed E-state index contributed by atoms with van der Waals surface area (Å²) in [6.07, 6.45) is 7.09. The Morgan fingerprint density at radius 1 is 1.10 bits per heavy atom. The summed E-state index contributed by atoms with van der Waals surface area (Å²) in [6, 6.07) is 11.4. The molecule has 2 aromatic carbocycles. The molecule has 29 heavy (non-hydrogen) atoms. The standard InChI is InChI=1S/C24H24N2O3/c1-6-12-29-22-11-9-19(15-23(22)28-7-2)14-20-18(5)25-26(24(20)27)21-10-8-16(3)13-17(21)4/h1,8-11,13-15H,7,12H2,2-5H3. The quantitative estimate of drug-likeness (QED) is 0.540. The van der Waals surface area contributed by atoms with Crippen LogP contribution >= 0.6 is 0 Å². The fraction of sp³-hybridized carbons (Fsp3) is 0.250. The van der Waals surface area contributed by atoms with Crippen molar-refractivity contribution in [1.29, 1.82) is 0 Å². The minimum atomic E-state index is -0.153. The number of carbonyl (C=O) groups excluding carboxylic acids is 1. The number of benzene rings is 2. The first kappa shape index (κ1) is 20.2. The highest BCUT2D eigenvalue weighted by Gasteiger charge is 2.29. The van der Waals surface area contributed by atoms with Crippen molar-refractivity contribution in [2.24, 2.45) is 5.10 Å². The van der Waals surface area contributed by atoms with Gasteiger partial charge in [0, 0.05) is 0 Å². The molecule has 0 atom stereocenters. The molecule has 0 spiro atoms. The van der Waals surface area contributed by atoms with E-state index in [-0.39, 0.29) is 12.5 Å². The highest BCUT2D eigenvalue weighted by atomic mass is 16.5. The van der Waals surface area contributed by atoms with Crippen LogP contribution in [0.15, 0.2) is 47.1 Å². The van der Waals surface area contributed by atoms with Crippen molar-refractivity contribution >= 4 is 23.4 Å². The van der Waals surface area contributed by atoms with E-state index in [2.05, 4.69) is 11.0 Å². The van der Waals surface area contributed by atoms with Gasteiger partial charge in [-0.05, 0) is 63.1 Å². The lowest BCUT2D eigenvalue weighted by atomic mass is 10.1. The number of amides is 1. The van der Waals surface area contributed by atoms with Crippen molar-refractivity contribution in [3.05, 3.63) is 58.7 Å². The van der Waals surface area contributed by atoms with Gasteiger partial charge in [0.05, 0.1) is 23.6 Å². The van der Waals surface area contributed by atoms with Crippen LogP contribution in [-0.4, -0.2) is 24.8 Å². The third-order valence-corrected chi connectivity index (χ3v) is 4.53. The van der Waals surface area contributed by atoms with Crippen LogP contribution in [0.1, 0.15) is 30.5 Å². The Kier molecular flexibility index (Phi) is 6.04. The summed E-state index contributed by atoms with van der Waals surface area (Å²) >= 11 is 0. The number of anilines is 1. The van der Waals surface area contributed by atoms with Crippen molar-refractivity contribution in [2.75, 3.05) is 18.2 Å². The lowest BCUT2D eigenvalue weighted by Gasteiger charge is -2.15. The van der Waals surface area contributed by atoms with Crippen LogP contribution in [0.4, 0.5) is 5.69 Å². The monoisotopic (exact) mass is 388 g/mol. The van der Waals surface area contributed by atoms with E-state index in [1.807, 2.05) is 64.1 Å². The molecule has 0 N–H and O–H groups in total. The zero-order valence-electron chi connectivity index (χ0n) is 17.2. The van der Waals surface area contributed by atoms with Gasteiger partial charge in [0.25, 0.3) is 5.91 Å². The molecule has 0 fully saturated rings. The Balaban J connectivity index is 1.92. The maximum atomic E-state index is 13.0. The lowest BCUT2D eigenvalue weighted by molar-refractivity contribution is -0.114. The summed E-state index contributed by atoms with van der Waals surface area (Å²) in [7, 11) is 0. The fourth-order valence-electron chi connectivity index (χ4n) is 3.18. The van der Waals surface area contributed by atoms with E-state index in [1.165, 1.54) is 5.01 Å². The van der Waals surface area contributed by atoms with E-state index in [4.69, 9.17) is 15.9 Å². The van der Waals surface area contributed by atoms with Crippen LogP contribution in [-0.2, 0) is 4.79 Å². The Morgan fingerprint density at radius 2 is 1.90 bits per heavy atom. The third-order valence-electron chi connectivity index (χ3n) is 4.53. The van der Waals surface area contributed by atoms with Gasteiger partial charge < -0.3 is 9.47 Å². The predicted octanol–water partition coefficient (Wildman–Crippen LogP) is 4.52. The molecule has 1 aliphatic heterocycles. The van der Waals surface area contributed by atoms with Crippen LogP contribution in [0.25, 0.3) is 6.08 Å². The van der Waals surface area contributed by atoms with Gasteiger partial charge in [-0.3, -0.25) is 4.79 Å². The average molecular weight is 388 g/mol. The number of hydrogen-bond donors (Lipinski definition) is 0. The maximum Gasteiger partial charge on any atom is 0.280 e. The van der Waals surface area contributed by atoms with Gasteiger partial charge in [-0.2, -0.15) is 10.1 Å². The first-order valence-corrected chi connectivity index (χ1v) is 9.46. The van der Waals surface area contributed by atoms with Crippen molar-refractivity contribution in [3.63, 3.8) is 0 Å². The van der Waals surface area contributed by atoms with Crippen LogP contribution in [0.2, 0.25) is 0 Å². The molecule has 0 aliphatic carbocycles. The van der Waals surface area contributed by atoms with Crippen molar-refractivity contribution < 1.29 is 14.3 Å². The predicted molar refractivity (Wildman–Crippen MR) is 116 cm³/mol. The molecule has 0 bridgehead atoms. The molecule has 2 aromatic rings. The highest BCUT2D eigenvalue weighted by molar-refractivity contribution is 6.32. The molecule has 5 heteroatoms. The second-order valence-electron chi connectivity index (χ2n) is 6.78. The number of aryl methyl sites for hydroxylation is 2.